The van der Waals surface area contributed by atoms with E-state index in [2.05, 4.69) is 15.5 Å². The number of hydrogen-bond acceptors (Lipinski definition) is 6. The molecule has 8 heteroatoms. The maximum atomic E-state index is 11.7. The van der Waals surface area contributed by atoms with Crippen molar-refractivity contribution in [3.8, 4) is 0 Å². The Bertz CT molecular complexity index is 467. The van der Waals surface area contributed by atoms with Gasteiger partial charge in [-0.1, -0.05) is 24.7 Å². The first-order chi connectivity index (χ1) is 7.51. The molecule has 0 saturated heterocycles. The number of aromatic nitrogens is 2. The van der Waals surface area contributed by atoms with E-state index < -0.39 is 15.7 Å². The minimum absolute atomic E-state index is 0.0475. The summed E-state index contributed by atoms with van der Waals surface area (Å²) < 4.78 is 23.3. The first kappa shape index (κ1) is 13.0. The fraction of sp³-hybridized carbons (Fsp3) is 0.625. The van der Waals surface area contributed by atoms with Crippen molar-refractivity contribution in [2.75, 3.05) is 12.8 Å². The summed E-state index contributed by atoms with van der Waals surface area (Å²) in [6.45, 7) is 1.91. The summed E-state index contributed by atoms with van der Waals surface area (Å²) in [5.74, 6) is -0.374. The summed E-state index contributed by atoms with van der Waals surface area (Å²) in [6.07, 6.45) is 1.37. The third-order valence-corrected chi connectivity index (χ3v) is 5.03. The lowest BCUT2D eigenvalue weighted by atomic mass is 10.4. The maximum Gasteiger partial charge on any atom is 0.282 e. The van der Waals surface area contributed by atoms with Crippen molar-refractivity contribution in [1.82, 2.24) is 15.5 Å². The zero-order valence-electron chi connectivity index (χ0n) is 9.06. The van der Waals surface area contributed by atoms with Gasteiger partial charge in [-0.25, -0.2) is 8.42 Å². The molecule has 16 heavy (non-hydrogen) atoms. The number of amides is 1. The van der Waals surface area contributed by atoms with Crippen molar-refractivity contribution in [1.29, 1.82) is 0 Å². The molecule has 1 aromatic heterocycles. The molecule has 0 bridgehead atoms. The van der Waals surface area contributed by atoms with E-state index in [1.165, 1.54) is 7.05 Å². The van der Waals surface area contributed by atoms with Crippen LogP contribution in [0, 0.1) is 0 Å². The highest BCUT2D eigenvalue weighted by molar-refractivity contribution is 7.93. The molecule has 0 aliphatic rings. The van der Waals surface area contributed by atoms with Gasteiger partial charge in [0.25, 0.3) is 5.91 Å². The van der Waals surface area contributed by atoms with Gasteiger partial charge in [0.15, 0.2) is 0 Å². The normalized spacial score (nSPS) is 11.4. The lowest BCUT2D eigenvalue weighted by Crippen LogP contribution is -2.17. The quantitative estimate of drug-likeness (QED) is 0.834. The van der Waals surface area contributed by atoms with Gasteiger partial charge < -0.3 is 5.32 Å². The molecule has 0 saturated carbocycles. The molecular formula is C8H13N3O3S2. The molecule has 0 aliphatic heterocycles. The third kappa shape index (κ3) is 2.99. The minimum atomic E-state index is -3.38. The molecule has 1 aromatic rings. The Balaban J connectivity index is 2.89. The number of carbonyl (C=O) groups is 1. The van der Waals surface area contributed by atoms with Crippen LogP contribution in [-0.4, -0.2) is 37.3 Å². The zero-order chi connectivity index (χ0) is 12.2. The Labute approximate surface area is 98.0 Å². The molecule has 90 valence electrons. The van der Waals surface area contributed by atoms with Crippen LogP contribution in [0.5, 0.6) is 0 Å². The largest absolute Gasteiger partial charge is 0.353 e. The second kappa shape index (κ2) is 5.35. The molecule has 0 fully saturated rings. The average Bonchev–Trinajstić information content (AvgIpc) is 2.75. The van der Waals surface area contributed by atoms with E-state index in [1.54, 1.807) is 0 Å². The van der Waals surface area contributed by atoms with E-state index in [-0.39, 0.29) is 15.1 Å². The Morgan fingerprint density at radius 3 is 2.69 bits per heavy atom. The maximum absolute atomic E-state index is 11.7. The highest BCUT2D eigenvalue weighted by Crippen LogP contribution is 2.17. The van der Waals surface area contributed by atoms with Crippen molar-refractivity contribution in [3.63, 3.8) is 0 Å². The number of nitrogens with zero attached hydrogens (tertiary/aromatic N) is 2. The average molecular weight is 263 g/mol. The van der Waals surface area contributed by atoms with Gasteiger partial charge in [0.2, 0.25) is 19.2 Å². The molecular weight excluding hydrogens is 250 g/mol. The minimum Gasteiger partial charge on any atom is -0.353 e. The number of nitrogens with one attached hydrogen (secondary N) is 1. The summed E-state index contributed by atoms with van der Waals surface area (Å²) in [5, 5.41) is 9.50. The Morgan fingerprint density at radius 1 is 1.44 bits per heavy atom. The van der Waals surface area contributed by atoms with Gasteiger partial charge >= 0.3 is 0 Å². The fourth-order valence-electron chi connectivity index (χ4n) is 0.956. The van der Waals surface area contributed by atoms with Crippen LogP contribution < -0.4 is 5.32 Å². The number of sulfone groups is 1. The summed E-state index contributed by atoms with van der Waals surface area (Å²) in [7, 11) is -1.93. The molecule has 6 nitrogen and oxygen atoms in total. The highest BCUT2D eigenvalue weighted by Gasteiger charge is 2.21. The van der Waals surface area contributed by atoms with Crippen LogP contribution in [0.1, 0.15) is 29.6 Å². The third-order valence-electron chi connectivity index (χ3n) is 1.86. The van der Waals surface area contributed by atoms with Crippen LogP contribution in [0.15, 0.2) is 4.34 Å². The molecule has 0 atom stereocenters. The van der Waals surface area contributed by atoms with Crippen LogP contribution in [0.2, 0.25) is 0 Å². The lowest BCUT2D eigenvalue weighted by Gasteiger charge is -1.96. The van der Waals surface area contributed by atoms with Gasteiger partial charge in [0.1, 0.15) is 0 Å². The molecule has 0 spiro atoms. The van der Waals surface area contributed by atoms with Crippen molar-refractivity contribution < 1.29 is 13.2 Å². The second-order valence-electron chi connectivity index (χ2n) is 3.12. The molecule has 0 aliphatic carbocycles. The predicted octanol–water partition coefficient (Wildman–Crippen LogP) is 0.472. The summed E-state index contributed by atoms with van der Waals surface area (Å²) >= 11 is 0.801. The standard InChI is InChI=1S/C8H13N3O3S2/c1-3-4-5-16(13,14)8-11-10-7(15-8)6(12)9-2/h3-5H2,1-2H3,(H,9,12). The Hall–Kier alpha value is -1.02. The second-order valence-corrected chi connectivity index (χ2v) is 6.39. The van der Waals surface area contributed by atoms with E-state index in [0.717, 1.165) is 17.8 Å². The number of hydrogen-bond donors (Lipinski definition) is 1. The van der Waals surface area contributed by atoms with E-state index in [4.69, 9.17) is 0 Å². The fourth-order valence-corrected chi connectivity index (χ4v) is 3.48. The van der Waals surface area contributed by atoms with Gasteiger partial charge in [0, 0.05) is 7.05 Å². The molecule has 0 radical (unpaired) electrons. The van der Waals surface area contributed by atoms with Crippen molar-refractivity contribution in [2.45, 2.75) is 24.1 Å². The molecule has 1 rings (SSSR count). The van der Waals surface area contributed by atoms with E-state index >= 15 is 0 Å². The topological polar surface area (TPSA) is 89.0 Å². The van der Waals surface area contributed by atoms with E-state index in [9.17, 15) is 13.2 Å². The van der Waals surface area contributed by atoms with Gasteiger partial charge in [0.05, 0.1) is 5.75 Å². The predicted molar refractivity (Wildman–Crippen MR) is 60.3 cm³/mol. The Morgan fingerprint density at radius 2 is 2.12 bits per heavy atom. The molecule has 0 unspecified atom stereocenters. The summed E-state index contributed by atoms with van der Waals surface area (Å²) in [6, 6.07) is 0. The van der Waals surface area contributed by atoms with Crippen LogP contribution in [0.3, 0.4) is 0 Å². The monoisotopic (exact) mass is 263 g/mol. The van der Waals surface area contributed by atoms with Gasteiger partial charge in [-0.3, -0.25) is 4.79 Å². The van der Waals surface area contributed by atoms with Crippen LogP contribution >= 0.6 is 11.3 Å². The Kier molecular flexibility index (Phi) is 4.36. The first-order valence-electron chi connectivity index (χ1n) is 4.79. The highest BCUT2D eigenvalue weighted by atomic mass is 32.2. The van der Waals surface area contributed by atoms with Crippen molar-refractivity contribution in [2.24, 2.45) is 0 Å². The molecule has 1 heterocycles. The van der Waals surface area contributed by atoms with Gasteiger partial charge in [-0.15, -0.1) is 10.2 Å². The smallest absolute Gasteiger partial charge is 0.282 e. The van der Waals surface area contributed by atoms with Crippen LogP contribution in [0.25, 0.3) is 0 Å². The van der Waals surface area contributed by atoms with Gasteiger partial charge in [-0.2, -0.15) is 0 Å². The first-order valence-corrected chi connectivity index (χ1v) is 7.26. The van der Waals surface area contributed by atoms with Crippen LogP contribution in [-0.2, 0) is 9.84 Å². The molecule has 1 N–H and O–H groups in total. The lowest BCUT2D eigenvalue weighted by molar-refractivity contribution is 0.0962. The number of carbonyl (C=O) groups excluding carboxylic acids is 1. The molecule has 0 aromatic carbocycles. The van der Waals surface area contributed by atoms with Crippen molar-refractivity contribution in [3.05, 3.63) is 5.01 Å². The SMILES string of the molecule is CCCCS(=O)(=O)c1nnc(C(=O)NC)s1. The van der Waals surface area contributed by atoms with Crippen molar-refractivity contribution >= 4 is 27.1 Å². The number of rotatable bonds is 5. The number of unbranched alkanes of at least 4 members (excludes halogenated alkanes) is 1. The summed E-state index contributed by atoms with van der Waals surface area (Å²) in [5.41, 5.74) is 0. The van der Waals surface area contributed by atoms with E-state index in [1.807, 2.05) is 6.92 Å². The summed E-state index contributed by atoms with van der Waals surface area (Å²) in [4.78, 5) is 11.2. The zero-order valence-corrected chi connectivity index (χ0v) is 10.7. The van der Waals surface area contributed by atoms with Gasteiger partial charge in [-0.05, 0) is 6.42 Å². The van der Waals surface area contributed by atoms with E-state index in [0.29, 0.717) is 6.42 Å². The van der Waals surface area contributed by atoms with Crippen LogP contribution in [0.4, 0.5) is 0 Å². The molecule has 1 amide bonds.